The molecule has 2 aromatic carbocycles. The van der Waals surface area contributed by atoms with Crippen LogP contribution in [0.2, 0.25) is 10.0 Å². The van der Waals surface area contributed by atoms with Crippen molar-refractivity contribution in [1.82, 2.24) is 0 Å². The maximum atomic E-state index is 12.2. The van der Waals surface area contributed by atoms with Gasteiger partial charge in [-0.2, -0.15) is 26.3 Å². The smallest absolute Gasteiger partial charge is 0.166 e. The van der Waals surface area contributed by atoms with Crippen molar-refractivity contribution in [3.8, 4) is 24.7 Å². The lowest BCUT2D eigenvalue weighted by atomic mass is 10.1. The van der Waals surface area contributed by atoms with E-state index in [1.807, 2.05) is 11.8 Å². The zero-order chi connectivity index (χ0) is 20.1. The fourth-order valence-corrected chi connectivity index (χ4v) is 2.11. The van der Waals surface area contributed by atoms with Gasteiger partial charge in [-0.05, 0) is 36.4 Å². The van der Waals surface area contributed by atoms with Crippen LogP contribution in [-0.4, -0.2) is 0 Å². The maximum Gasteiger partial charge on any atom is 0.417 e. The van der Waals surface area contributed by atoms with Gasteiger partial charge in [0.2, 0.25) is 0 Å². The molecule has 8 heteroatoms. The van der Waals surface area contributed by atoms with Crippen molar-refractivity contribution in [2.45, 2.75) is 12.4 Å². The first-order chi connectivity index (χ1) is 11.9. The second kappa shape index (κ2) is 8.40. The minimum absolute atomic E-state index is 0.195. The van der Waals surface area contributed by atoms with E-state index in [0.29, 0.717) is 0 Å². The number of rotatable bonds is 0. The molecule has 0 aliphatic heterocycles. The Morgan fingerprint density at radius 3 is 1.19 bits per heavy atom. The quantitative estimate of drug-likeness (QED) is 0.336. The number of hydrogen-bond acceptors (Lipinski definition) is 0. The molecular formula is C18H8Cl2F6. The minimum atomic E-state index is -4.42. The van der Waals surface area contributed by atoms with Gasteiger partial charge in [0.15, 0.2) is 0 Å². The first-order valence-electron chi connectivity index (χ1n) is 6.57. The van der Waals surface area contributed by atoms with Gasteiger partial charge < -0.3 is 0 Å². The van der Waals surface area contributed by atoms with Crippen molar-refractivity contribution in [2.75, 3.05) is 0 Å². The summed E-state index contributed by atoms with van der Waals surface area (Å²) in [5, 5.41) is 0.391. The third-order valence-corrected chi connectivity index (χ3v) is 3.36. The maximum absolute atomic E-state index is 12.2. The van der Waals surface area contributed by atoms with E-state index < -0.39 is 23.5 Å². The highest BCUT2D eigenvalue weighted by Gasteiger charge is 2.33. The molecule has 0 nitrogen and oxygen atoms in total. The zero-order valence-corrected chi connectivity index (χ0v) is 14.2. The van der Waals surface area contributed by atoms with Gasteiger partial charge in [-0.25, -0.2) is 0 Å². The number of halogens is 8. The molecule has 0 fully saturated rings. The van der Waals surface area contributed by atoms with Crippen molar-refractivity contribution in [3.63, 3.8) is 0 Å². The van der Waals surface area contributed by atoms with Crippen LogP contribution >= 0.6 is 23.2 Å². The van der Waals surface area contributed by atoms with Gasteiger partial charge >= 0.3 is 12.4 Å². The van der Waals surface area contributed by atoms with Crippen LogP contribution in [0.15, 0.2) is 36.4 Å². The van der Waals surface area contributed by atoms with Crippen molar-refractivity contribution >= 4 is 23.2 Å². The lowest BCUT2D eigenvalue weighted by Gasteiger charge is -2.08. The van der Waals surface area contributed by atoms with E-state index in [1.54, 1.807) is 0 Å². The number of alkyl halides is 6. The zero-order valence-electron chi connectivity index (χ0n) is 12.6. The first-order valence-corrected chi connectivity index (χ1v) is 7.32. The summed E-state index contributed by atoms with van der Waals surface area (Å²) < 4.78 is 73.4. The summed E-state index contributed by atoms with van der Waals surface area (Å²) in [5.41, 5.74) is -2.14. The molecule has 0 radical (unpaired) electrons. The van der Waals surface area contributed by atoms with E-state index in [4.69, 9.17) is 36.0 Å². The van der Waals surface area contributed by atoms with Gasteiger partial charge in [-0.15, -0.1) is 12.8 Å². The van der Waals surface area contributed by atoms with Crippen molar-refractivity contribution in [3.05, 3.63) is 68.7 Å². The Morgan fingerprint density at radius 1 is 0.654 bits per heavy atom. The monoisotopic (exact) mass is 408 g/mol. The molecule has 136 valence electrons. The predicted octanol–water partition coefficient (Wildman–Crippen LogP) is 6.68. The van der Waals surface area contributed by atoms with Crippen LogP contribution in [0.3, 0.4) is 0 Å². The van der Waals surface area contributed by atoms with Crippen molar-refractivity contribution in [2.24, 2.45) is 0 Å². The molecule has 0 N–H and O–H groups in total. The van der Waals surface area contributed by atoms with Crippen LogP contribution < -0.4 is 0 Å². The molecular weight excluding hydrogens is 401 g/mol. The summed E-state index contributed by atoms with van der Waals surface area (Å²) in [6.45, 7) is 0. The normalized spacial score (nSPS) is 11.0. The molecule has 0 atom stereocenters. The van der Waals surface area contributed by atoms with E-state index in [1.165, 1.54) is 0 Å². The molecule has 0 aliphatic rings. The summed E-state index contributed by atoms with van der Waals surface area (Å²) in [5.74, 6) is 3.88. The Kier molecular flexibility index (Phi) is 7.03. The largest absolute Gasteiger partial charge is 0.417 e. The van der Waals surface area contributed by atoms with E-state index in [0.717, 1.165) is 36.4 Å². The lowest BCUT2D eigenvalue weighted by Crippen LogP contribution is -2.07. The number of hydrogen-bond donors (Lipinski definition) is 0. The highest BCUT2D eigenvalue weighted by Crippen LogP contribution is 2.33. The number of terminal acetylenes is 2. The van der Waals surface area contributed by atoms with Crippen molar-refractivity contribution in [1.29, 1.82) is 0 Å². The van der Waals surface area contributed by atoms with Gasteiger partial charge in [0.1, 0.15) is 0 Å². The third kappa shape index (κ3) is 5.91. The van der Waals surface area contributed by atoms with E-state index in [9.17, 15) is 26.3 Å². The second-order valence-corrected chi connectivity index (χ2v) is 5.54. The van der Waals surface area contributed by atoms with Crippen LogP contribution in [0, 0.1) is 24.7 Å². The standard InChI is InChI=1S/2C9H4ClF3/c2*1-2-6-5-7(10)3-4-8(6)9(11,12)13/h2*1,3-5H. The summed E-state index contributed by atoms with van der Waals surface area (Å²) >= 11 is 11.0. The molecule has 0 spiro atoms. The molecule has 0 aliphatic carbocycles. The molecule has 2 rings (SSSR count). The molecule has 2 aromatic rings. The summed E-state index contributed by atoms with van der Waals surface area (Å²) in [4.78, 5) is 0. The highest BCUT2D eigenvalue weighted by atomic mass is 35.5. The van der Waals surface area contributed by atoms with Gasteiger partial charge in [0, 0.05) is 21.2 Å². The van der Waals surface area contributed by atoms with Crippen LogP contribution in [0.5, 0.6) is 0 Å². The number of benzene rings is 2. The fourth-order valence-electron chi connectivity index (χ4n) is 1.77. The molecule has 0 heterocycles. The molecule has 0 saturated carbocycles. The van der Waals surface area contributed by atoms with Gasteiger partial charge in [-0.1, -0.05) is 35.0 Å². The second-order valence-electron chi connectivity index (χ2n) is 4.66. The average Bonchev–Trinajstić information content (AvgIpc) is 2.52. The van der Waals surface area contributed by atoms with Crippen molar-refractivity contribution < 1.29 is 26.3 Å². The van der Waals surface area contributed by atoms with Crippen LogP contribution in [0.25, 0.3) is 0 Å². The first kappa shape index (κ1) is 21.8. The third-order valence-electron chi connectivity index (χ3n) is 2.89. The summed E-state index contributed by atoms with van der Waals surface area (Å²) in [7, 11) is 0. The van der Waals surface area contributed by atoms with E-state index in [-0.39, 0.29) is 21.2 Å². The van der Waals surface area contributed by atoms with E-state index in [2.05, 4.69) is 0 Å². The Hall–Kier alpha value is -2.28. The molecule has 0 amide bonds. The van der Waals surface area contributed by atoms with Gasteiger partial charge in [-0.3, -0.25) is 0 Å². The Bertz CT molecular complexity index is 794. The van der Waals surface area contributed by atoms with Crippen LogP contribution in [0.4, 0.5) is 26.3 Å². The van der Waals surface area contributed by atoms with E-state index >= 15 is 0 Å². The SMILES string of the molecule is C#Cc1cc(Cl)ccc1C(F)(F)F.C#Cc1cc(Cl)ccc1C(F)(F)F. The Balaban J connectivity index is 0.000000260. The molecule has 26 heavy (non-hydrogen) atoms. The Morgan fingerprint density at radius 2 is 0.962 bits per heavy atom. The summed E-state index contributed by atoms with van der Waals surface area (Å²) in [6.07, 6.45) is 0.966. The highest BCUT2D eigenvalue weighted by molar-refractivity contribution is 6.31. The topological polar surface area (TPSA) is 0 Å². The predicted molar refractivity (Wildman–Crippen MR) is 88.8 cm³/mol. The van der Waals surface area contributed by atoms with Crippen LogP contribution in [0.1, 0.15) is 22.3 Å². The molecule has 0 saturated heterocycles. The van der Waals surface area contributed by atoms with Gasteiger partial charge in [0.25, 0.3) is 0 Å². The van der Waals surface area contributed by atoms with Gasteiger partial charge in [0.05, 0.1) is 11.1 Å². The lowest BCUT2D eigenvalue weighted by molar-refractivity contribution is -0.138. The van der Waals surface area contributed by atoms with Crippen LogP contribution in [-0.2, 0) is 12.4 Å². The Labute approximate surface area is 155 Å². The molecule has 0 aromatic heterocycles. The molecule has 0 bridgehead atoms. The molecule has 0 unspecified atom stereocenters. The average molecular weight is 409 g/mol. The fraction of sp³-hybridized carbons (Fsp3) is 0.111. The summed E-state index contributed by atoms with van der Waals surface area (Å²) in [6, 6.07) is 6.29. The minimum Gasteiger partial charge on any atom is -0.166 e.